The molecule has 0 heterocycles. The zero-order chi connectivity index (χ0) is 23.1. The molecule has 0 aromatic heterocycles. The van der Waals surface area contributed by atoms with Gasteiger partial charge in [-0.25, -0.2) is 8.42 Å². The molecule has 0 aliphatic heterocycles. The number of amides is 2. The Kier molecular flexibility index (Phi) is 7.57. The molecular formula is C21H17Cl2N3O5S. The van der Waals surface area contributed by atoms with Gasteiger partial charge in [-0.15, -0.1) is 0 Å². The molecule has 0 saturated heterocycles. The van der Waals surface area contributed by atoms with Gasteiger partial charge in [0, 0.05) is 16.3 Å². The first-order valence-electron chi connectivity index (χ1n) is 9.09. The Labute approximate surface area is 194 Å². The van der Waals surface area contributed by atoms with E-state index in [0.29, 0.717) is 21.5 Å². The number of para-hydroxylation sites is 1. The molecule has 0 bridgehead atoms. The van der Waals surface area contributed by atoms with Gasteiger partial charge in [-0.05, 0) is 54.6 Å². The smallest absolute Gasteiger partial charge is 0.276 e. The second-order valence-electron chi connectivity index (χ2n) is 6.36. The molecule has 2 amide bonds. The zero-order valence-corrected chi connectivity index (χ0v) is 18.7. The van der Waals surface area contributed by atoms with E-state index in [2.05, 4.69) is 15.6 Å². The molecule has 3 aromatic rings. The number of benzene rings is 3. The van der Waals surface area contributed by atoms with E-state index < -0.39 is 21.8 Å². The average molecular weight is 494 g/mol. The molecule has 3 rings (SSSR count). The third-order valence-corrected chi connectivity index (χ3v) is 5.96. The Morgan fingerprint density at radius 3 is 2.31 bits per heavy atom. The molecule has 0 atom stereocenters. The summed E-state index contributed by atoms with van der Waals surface area (Å²) >= 11 is 11.7. The zero-order valence-electron chi connectivity index (χ0n) is 16.3. The van der Waals surface area contributed by atoms with Gasteiger partial charge in [0.2, 0.25) is 0 Å². The number of hydrazine groups is 1. The minimum atomic E-state index is -3.95. The van der Waals surface area contributed by atoms with E-state index in [1.54, 1.807) is 36.4 Å². The predicted octanol–water partition coefficient (Wildman–Crippen LogP) is 3.63. The van der Waals surface area contributed by atoms with Gasteiger partial charge in [0.05, 0.1) is 9.92 Å². The fourth-order valence-corrected chi connectivity index (χ4v) is 3.90. The van der Waals surface area contributed by atoms with Crippen LogP contribution in [0.15, 0.2) is 77.7 Å². The number of rotatable bonds is 7. The van der Waals surface area contributed by atoms with Gasteiger partial charge in [-0.1, -0.05) is 41.4 Å². The Morgan fingerprint density at radius 2 is 1.59 bits per heavy atom. The lowest BCUT2D eigenvalue weighted by Gasteiger charge is -2.11. The number of ether oxygens (including phenoxy) is 1. The van der Waals surface area contributed by atoms with E-state index in [9.17, 15) is 18.0 Å². The largest absolute Gasteiger partial charge is 0.482 e. The summed E-state index contributed by atoms with van der Waals surface area (Å²) in [6.45, 7) is -0.385. The monoisotopic (exact) mass is 493 g/mol. The second kappa shape index (κ2) is 10.4. The number of carbonyl (C=O) groups is 2. The molecule has 3 N–H and O–H groups in total. The van der Waals surface area contributed by atoms with Crippen LogP contribution in [0.1, 0.15) is 10.4 Å². The lowest BCUT2D eigenvalue weighted by atomic mass is 10.2. The fourth-order valence-electron chi connectivity index (χ4n) is 2.48. The maximum absolute atomic E-state index is 12.6. The summed E-state index contributed by atoms with van der Waals surface area (Å²) in [6.07, 6.45) is 0. The fraction of sp³-hybridized carbons (Fsp3) is 0.0476. The lowest BCUT2D eigenvalue weighted by Crippen LogP contribution is -2.43. The molecule has 32 heavy (non-hydrogen) atoms. The minimum absolute atomic E-state index is 0.0244. The van der Waals surface area contributed by atoms with E-state index in [-0.39, 0.29) is 17.1 Å². The van der Waals surface area contributed by atoms with Gasteiger partial charge < -0.3 is 4.74 Å². The van der Waals surface area contributed by atoms with Crippen LogP contribution in [0, 0.1) is 0 Å². The highest BCUT2D eigenvalue weighted by molar-refractivity contribution is 7.92. The first kappa shape index (κ1) is 23.4. The Morgan fingerprint density at radius 1 is 0.875 bits per heavy atom. The average Bonchev–Trinajstić information content (AvgIpc) is 2.78. The van der Waals surface area contributed by atoms with Crippen LogP contribution < -0.4 is 20.3 Å². The third kappa shape index (κ3) is 6.36. The lowest BCUT2D eigenvalue weighted by molar-refractivity contribution is -0.123. The number of sulfonamides is 1. The van der Waals surface area contributed by atoms with E-state index in [4.69, 9.17) is 27.9 Å². The van der Waals surface area contributed by atoms with Gasteiger partial charge in [0.1, 0.15) is 5.75 Å². The van der Waals surface area contributed by atoms with Crippen molar-refractivity contribution in [1.29, 1.82) is 0 Å². The van der Waals surface area contributed by atoms with Crippen LogP contribution in [0.3, 0.4) is 0 Å². The van der Waals surface area contributed by atoms with Gasteiger partial charge in [-0.3, -0.25) is 25.2 Å². The number of halogens is 2. The van der Waals surface area contributed by atoms with Crippen molar-refractivity contribution in [3.63, 3.8) is 0 Å². The maximum atomic E-state index is 12.6. The molecule has 3 aromatic carbocycles. The van der Waals surface area contributed by atoms with E-state index >= 15 is 0 Å². The molecule has 8 nitrogen and oxygen atoms in total. The highest BCUT2D eigenvalue weighted by Crippen LogP contribution is 2.23. The summed E-state index contributed by atoms with van der Waals surface area (Å²) in [6, 6.07) is 18.1. The number of hydrogen-bond acceptors (Lipinski definition) is 5. The second-order valence-corrected chi connectivity index (χ2v) is 8.89. The van der Waals surface area contributed by atoms with Crippen LogP contribution in [0.2, 0.25) is 10.0 Å². The van der Waals surface area contributed by atoms with Crippen molar-refractivity contribution in [3.8, 4) is 5.75 Å². The number of hydrogen-bond donors (Lipinski definition) is 3. The van der Waals surface area contributed by atoms with E-state index in [1.165, 1.54) is 36.4 Å². The van der Waals surface area contributed by atoms with Crippen molar-refractivity contribution < 1.29 is 22.7 Å². The normalized spacial score (nSPS) is 10.8. The number of anilines is 1. The molecule has 0 aliphatic carbocycles. The van der Waals surface area contributed by atoms with Crippen molar-refractivity contribution >= 4 is 50.7 Å². The molecule has 0 unspecified atom stereocenters. The summed E-state index contributed by atoms with van der Waals surface area (Å²) in [7, 11) is -3.95. The van der Waals surface area contributed by atoms with Crippen molar-refractivity contribution in [2.75, 3.05) is 11.3 Å². The quantitative estimate of drug-likeness (QED) is 0.434. The molecule has 0 aliphatic rings. The van der Waals surface area contributed by atoms with Crippen molar-refractivity contribution in [3.05, 3.63) is 88.4 Å². The molecule has 0 radical (unpaired) electrons. The van der Waals surface area contributed by atoms with Gasteiger partial charge in [0.25, 0.3) is 21.8 Å². The first-order valence-corrected chi connectivity index (χ1v) is 11.3. The van der Waals surface area contributed by atoms with Crippen LogP contribution in [-0.4, -0.2) is 26.8 Å². The maximum Gasteiger partial charge on any atom is 0.276 e. The van der Waals surface area contributed by atoms with Crippen LogP contribution >= 0.6 is 23.2 Å². The highest BCUT2D eigenvalue weighted by Gasteiger charge is 2.17. The highest BCUT2D eigenvalue weighted by atomic mass is 35.5. The SMILES string of the molecule is O=C(COc1ccccc1Cl)NNC(=O)c1cccc(S(=O)(=O)Nc2ccc(Cl)cc2)c1. The Balaban J connectivity index is 1.59. The minimum Gasteiger partial charge on any atom is -0.482 e. The molecule has 11 heteroatoms. The topological polar surface area (TPSA) is 114 Å². The van der Waals surface area contributed by atoms with Gasteiger partial charge >= 0.3 is 0 Å². The molecular weight excluding hydrogens is 477 g/mol. The van der Waals surface area contributed by atoms with Crippen LogP contribution in [0.25, 0.3) is 0 Å². The molecule has 0 fully saturated rings. The van der Waals surface area contributed by atoms with Gasteiger partial charge in [-0.2, -0.15) is 0 Å². The summed E-state index contributed by atoms with van der Waals surface area (Å²) in [5, 5.41) is 0.806. The van der Waals surface area contributed by atoms with Gasteiger partial charge in [0.15, 0.2) is 6.61 Å². The van der Waals surface area contributed by atoms with Crippen LogP contribution in [0.4, 0.5) is 5.69 Å². The van der Waals surface area contributed by atoms with Crippen molar-refractivity contribution in [1.82, 2.24) is 10.9 Å². The molecule has 166 valence electrons. The number of nitrogens with one attached hydrogen (secondary N) is 3. The molecule has 0 saturated carbocycles. The standard InChI is InChI=1S/C21H17Cl2N3O5S/c22-15-8-10-16(11-9-15)26-32(29,30)17-5-3-4-14(12-17)21(28)25-24-20(27)13-31-19-7-2-1-6-18(19)23/h1-12,26H,13H2,(H,24,27)(H,25,28). The van der Waals surface area contributed by atoms with Crippen molar-refractivity contribution in [2.45, 2.75) is 4.90 Å². The summed E-state index contributed by atoms with van der Waals surface area (Å²) in [5.41, 5.74) is 4.73. The van der Waals surface area contributed by atoms with Crippen LogP contribution in [0.5, 0.6) is 5.75 Å². The summed E-state index contributed by atoms with van der Waals surface area (Å²) in [5.74, 6) is -1.02. The summed E-state index contributed by atoms with van der Waals surface area (Å²) in [4.78, 5) is 24.1. The summed E-state index contributed by atoms with van der Waals surface area (Å²) < 4.78 is 32.9. The van der Waals surface area contributed by atoms with Crippen molar-refractivity contribution in [2.24, 2.45) is 0 Å². The Bertz CT molecular complexity index is 1230. The van der Waals surface area contributed by atoms with E-state index in [0.717, 1.165) is 0 Å². The third-order valence-electron chi connectivity index (χ3n) is 4.01. The predicted molar refractivity (Wildman–Crippen MR) is 121 cm³/mol. The molecule has 0 spiro atoms. The van der Waals surface area contributed by atoms with Crippen LogP contribution in [-0.2, 0) is 14.8 Å². The number of carbonyl (C=O) groups excluding carboxylic acids is 2. The first-order chi connectivity index (χ1) is 15.2. The van der Waals surface area contributed by atoms with E-state index in [1.807, 2.05) is 0 Å². The Hall–Kier alpha value is -3.27.